The van der Waals surface area contributed by atoms with Crippen LogP contribution in [0.4, 0.5) is 5.69 Å². The van der Waals surface area contributed by atoms with Crippen molar-refractivity contribution in [3.8, 4) is 17.4 Å². The topological polar surface area (TPSA) is 125 Å². The zero-order chi connectivity index (χ0) is 22.1. The fourth-order valence-electron chi connectivity index (χ4n) is 3.28. The van der Waals surface area contributed by atoms with E-state index in [1.807, 2.05) is 0 Å². The third-order valence-corrected chi connectivity index (χ3v) is 4.76. The number of aromatic carboxylic acids is 1. The van der Waals surface area contributed by atoms with Gasteiger partial charge in [-0.1, -0.05) is 24.3 Å². The van der Waals surface area contributed by atoms with Gasteiger partial charge in [0.05, 0.1) is 11.3 Å². The highest BCUT2D eigenvalue weighted by Crippen LogP contribution is 2.28. The highest BCUT2D eigenvalue weighted by molar-refractivity contribution is 6.02. The van der Waals surface area contributed by atoms with Gasteiger partial charge in [-0.2, -0.15) is 0 Å². The monoisotopic (exact) mass is 415 g/mol. The van der Waals surface area contributed by atoms with E-state index in [9.17, 15) is 19.8 Å². The molecule has 0 unspecified atom stereocenters. The Hall–Kier alpha value is -4.46. The van der Waals surface area contributed by atoms with Crippen LogP contribution in [0.5, 0.6) is 11.6 Å². The molecule has 0 aliphatic rings. The zero-order valence-corrected chi connectivity index (χ0v) is 16.4. The molecule has 154 valence electrons. The van der Waals surface area contributed by atoms with Gasteiger partial charge in [-0.15, -0.1) is 0 Å². The van der Waals surface area contributed by atoms with Crippen molar-refractivity contribution in [1.82, 2.24) is 9.55 Å². The highest BCUT2D eigenvalue weighted by Gasteiger charge is 2.17. The van der Waals surface area contributed by atoms with Crippen LogP contribution in [0.25, 0.3) is 16.6 Å². The van der Waals surface area contributed by atoms with Crippen molar-refractivity contribution in [1.29, 1.82) is 0 Å². The van der Waals surface area contributed by atoms with Gasteiger partial charge in [-0.3, -0.25) is 9.79 Å². The van der Waals surface area contributed by atoms with Gasteiger partial charge in [-0.05, 0) is 37.3 Å². The molecular formula is C23H17N3O5. The molecule has 2 aromatic carbocycles. The maximum absolute atomic E-state index is 13.1. The van der Waals surface area contributed by atoms with Crippen molar-refractivity contribution in [3.05, 3.63) is 87.8 Å². The molecule has 2 aromatic heterocycles. The van der Waals surface area contributed by atoms with Crippen LogP contribution in [-0.4, -0.2) is 37.1 Å². The molecule has 0 fully saturated rings. The van der Waals surface area contributed by atoms with E-state index in [2.05, 4.69) is 9.98 Å². The lowest BCUT2D eigenvalue weighted by atomic mass is 10.1. The van der Waals surface area contributed by atoms with Crippen LogP contribution in [0.1, 0.15) is 21.6 Å². The predicted octanol–water partition coefficient (Wildman–Crippen LogP) is 3.55. The molecule has 8 heteroatoms. The van der Waals surface area contributed by atoms with E-state index in [4.69, 9.17) is 5.11 Å². The number of aromatic hydroxyl groups is 2. The van der Waals surface area contributed by atoms with E-state index in [0.29, 0.717) is 16.5 Å². The van der Waals surface area contributed by atoms with E-state index >= 15 is 0 Å². The molecule has 0 bridgehead atoms. The second kappa shape index (κ2) is 7.75. The SMILES string of the molecule is Cc1cccc(-n2c(O)c(C=Nc3ccc(C(=O)O)c(O)c3)c3ccccc3c2=O)n1. The van der Waals surface area contributed by atoms with Gasteiger partial charge in [0, 0.05) is 28.7 Å². The van der Waals surface area contributed by atoms with Crippen molar-refractivity contribution in [2.45, 2.75) is 6.92 Å². The number of fused-ring (bicyclic) bond motifs is 1. The van der Waals surface area contributed by atoms with E-state index in [0.717, 1.165) is 4.57 Å². The zero-order valence-electron chi connectivity index (χ0n) is 16.4. The Labute approximate surface area is 176 Å². The number of carbonyl (C=O) groups is 1. The standard InChI is InChI=1S/C23H17N3O5/c1-13-5-4-8-20(25-13)26-21(28)16-7-3-2-6-15(16)18(22(26)29)12-24-14-9-10-17(23(30)31)19(27)11-14/h2-12,27,29H,1H3,(H,30,31). The third-order valence-electron chi connectivity index (χ3n) is 4.76. The number of pyridine rings is 2. The summed E-state index contributed by atoms with van der Waals surface area (Å²) >= 11 is 0. The minimum absolute atomic E-state index is 0.244. The molecule has 0 aliphatic carbocycles. The minimum Gasteiger partial charge on any atom is -0.507 e. The highest BCUT2D eigenvalue weighted by atomic mass is 16.4. The van der Waals surface area contributed by atoms with Crippen LogP contribution in [0, 0.1) is 6.92 Å². The van der Waals surface area contributed by atoms with E-state index in [1.54, 1.807) is 49.4 Å². The Morgan fingerprint density at radius 3 is 2.45 bits per heavy atom. The fraction of sp³-hybridized carbons (Fsp3) is 0.0435. The summed E-state index contributed by atoms with van der Waals surface area (Å²) in [4.78, 5) is 32.7. The smallest absolute Gasteiger partial charge is 0.339 e. The summed E-state index contributed by atoms with van der Waals surface area (Å²) in [5.41, 5.74) is 0.567. The molecule has 4 rings (SSSR count). The first-order valence-electron chi connectivity index (χ1n) is 9.28. The summed E-state index contributed by atoms with van der Waals surface area (Å²) in [7, 11) is 0. The van der Waals surface area contributed by atoms with Gasteiger partial charge in [0.2, 0.25) is 5.88 Å². The third kappa shape index (κ3) is 3.62. The van der Waals surface area contributed by atoms with Crippen molar-refractivity contribution in [2.24, 2.45) is 4.99 Å². The van der Waals surface area contributed by atoms with Crippen LogP contribution in [0.15, 0.2) is 70.5 Å². The number of nitrogens with zero attached hydrogens (tertiary/aromatic N) is 3. The van der Waals surface area contributed by atoms with E-state index in [-0.39, 0.29) is 28.5 Å². The van der Waals surface area contributed by atoms with Crippen molar-refractivity contribution in [2.75, 3.05) is 0 Å². The number of rotatable bonds is 4. The molecule has 2 heterocycles. The summed E-state index contributed by atoms with van der Waals surface area (Å²) in [6, 6.07) is 15.8. The largest absolute Gasteiger partial charge is 0.507 e. The average molecular weight is 415 g/mol. The molecule has 0 spiro atoms. The lowest BCUT2D eigenvalue weighted by molar-refractivity contribution is 0.0694. The maximum atomic E-state index is 13.1. The van der Waals surface area contributed by atoms with Gasteiger partial charge < -0.3 is 15.3 Å². The molecule has 4 aromatic rings. The Balaban J connectivity index is 1.92. The number of phenols is 1. The van der Waals surface area contributed by atoms with Crippen LogP contribution in [0.3, 0.4) is 0 Å². The van der Waals surface area contributed by atoms with Crippen LogP contribution < -0.4 is 5.56 Å². The number of aromatic nitrogens is 2. The van der Waals surface area contributed by atoms with Gasteiger partial charge in [0.15, 0.2) is 0 Å². The lowest BCUT2D eigenvalue weighted by Gasteiger charge is -2.13. The Bertz CT molecular complexity index is 1420. The molecular weight excluding hydrogens is 398 g/mol. The molecule has 0 saturated heterocycles. The number of hydrogen-bond donors (Lipinski definition) is 3. The maximum Gasteiger partial charge on any atom is 0.339 e. The molecule has 0 atom stereocenters. The predicted molar refractivity (Wildman–Crippen MR) is 116 cm³/mol. The minimum atomic E-state index is -1.26. The normalized spacial score (nSPS) is 11.3. The Morgan fingerprint density at radius 2 is 1.77 bits per heavy atom. The molecule has 3 N–H and O–H groups in total. The molecule has 0 aliphatic heterocycles. The second-order valence-electron chi connectivity index (χ2n) is 6.83. The Morgan fingerprint density at radius 1 is 1.03 bits per heavy atom. The number of aryl methyl sites for hydroxylation is 1. The van der Waals surface area contributed by atoms with Gasteiger partial charge >= 0.3 is 5.97 Å². The van der Waals surface area contributed by atoms with Crippen molar-refractivity contribution < 1.29 is 20.1 Å². The number of benzene rings is 2. The first kappa shape index (κ1) is 19.8. The van der Waals surface area contributed by atoms with Crippen LogP contribution >= 0.6 is 0 Å². The average Bonchev–Trinajstić information content (AvgIpc) is 2.73. The summed E-state index contributed by atoms with van der Waals surface area (Å²) < 4.78 is 1.11. The van der Waals surface area contributed by atoms with Crippen molar-refractivity contribution >= 4 is 28.6 Å². The second-order valence-corrected chi connectivity index (χ2v) is 6.83. The van der Waals surface area contributed by atoms with Gasteiger partial charge in [0.25, 0.3) is 5.56 Å². The van der Waals surface area contributed by atoms with Crippen LogP contribution in [0.2, 0.25) is 0 Å². The number of aliphatic imine (C=N–C) groups is 1. The molecule has 0 saturated carbocycles. The Kier molecular flexibility index (Phi) is 4.96. The van der Waals surface area contributed by atoms with E-state index in [1.165, 1.54) is 24.4 Å². The van der Waals surface area contributed by atoms with Gasteiger partial charge in [-0.25, -0.2) is 14.3 Å². The van der Waals surface area contributed by atoms with Crippen LogP contribution in [-0.2, 0) is 0 Å². The molecule has 0 radical (unpaired) electrons. The first-order chi connectivity index (χ1) is 14.9. The number of carboxylic acids is 1. The molecule has 0 amide bonds. The summed E-state index contributed by atoms with van der Waals surface area (Å²) in [6.07, 6.45) is 1.36. The number of hydrogen-bond acceptors (Lipinski definition) is 6. The molecule has 31 heavy (non-hydrogen) atoms. The first-order valence-corrected chi connectivity index (χ1v) is 9.28. The summed E-state index contributed by atoms with van der Waals surface area (Å²) in [6.45, 7) is 1.78. The fourth-order valence-corrected chi connectivity index (χ4v) is 3.28. The lowest BCUT2D eigenvalue weighted by Crippen LogP contribution is -2.21. The van der Waals surface area contributed by atoms with Gasteiger partial charge in [0.1, 0.15) is 17.1 Å². The quantitative estimate of drug-likeness (QED) is 0.438. The summed E-state index contributed by atoms with van der Waals surface area (Å²) in [5.74, 6) is -1.75. The molecule has 8 nitrogen and oxygen atoms in total. The number of carboxylic acid groups (broad SMARTS) is 1. The summed E-state index contributed by atoms with van der Waals surface area (Å²) in [5, 5.41) is 30.7. The van der Waals surface area contributed by atoms with E-state index < -0.39 is 17.3 Å². The van der Waals surface area contributed by atoms with Crippen molar-refractivity contribution in [3.63, 3.8) is 0 Å².